The van der Waals surface area contributed by atoms with E-state index in [1.54, 1.807) is 48.5 Å². The molecule has 35 heavy (non-hydrogen) atoms. The van der Waals surface area contributed by atoms with E-state index in [9.17, 15) is 14.9 Å². The molecule has 0 aromatic heterocycles. The number of nitrogens with zero attached hydrogens (tertiary/aromatic N) is 1. The number of methoxy groups -OCH3 is 1. The van der Waals surface area contributed by atoms with Gasteiger partial charge in [-0.25, -0.2) is 0 Å². The molecular weight excluding hydrogens is 466 g/mol. The fourth-order valence-corrected chi connectivity index (χ4v) is 3.28. The third-order valence-electron chi connectivity index (χ3n) is 5.20. The molecule has 0 saturated heterocycles. The number of hydrogen-bond acceptors (Lipinski definition) is 5. The first kappa shape index (κ1) is 25.3. The van der Waals surface area contributed by atoms with Crippen LogP contribution in [0.5, 0.6) is 11.5 Å². The molecule has 0 unspecified atom stereocenters. The van der Waals surface area contributed by atoms with Crippen LogP contribution in [-0.2, 0) is 9.59 Å². The summed E-state index contributed by atoms with van der Waals surface area (Å²) < 4.78 is 11.0. The Labute approximate surface area is 208 Å². The van der Waals surface area contributed by atoms with Gasteiger partial charge in [0.25, 0.3) is 11.8 Å². The first-order valence-electron chi connectivity index (χ1n) is 10.7. The van der Waals surface area contributed by atoms with E-state index in [4.69, 9.17) is 21.1 Å². The summed E-state index contributed by atoms with van der Waals surface area (Å²) in [5.74, 6) is -0.174. The SMILES string of the molecule is COc1cc(/C=C(\C#N)C(=O)Nc2cccc(C)c2C)ccc1OCC(=O)Nc1ccc(Cl)cc1. The molecule has 0 aliphatic carbocycles. The predicted molar refractivity (Wildman–Crippen MR) is 137 cm³/mol. The number of nitrogens with one attached hydrogen (secondary N) is 2. The molecule has 0 atom stereocenters. The summed E-state index contributed by atoms with van der Waals surface area (Å²) in [5, 5.41) is 15.6. The third kappa shape index (κ3) is 6.85. The van der Waals surface area contributed by atoms with Gasteiger partial charge in [-0.3, -0.25) is 9.59 Å². The standard InChI is InChI=1S/C27H24ClN3O4/c1-17-5-4-6-23(18(17)2)31-27(33)20(15-29)13-19-7-12-24(25(14-19)34-3)35-16-26(32)30-22-10-8-21(28)9-11-22/h4-14H,16H2,1-3H3,(H,30,32)(H,31,33)/b20-13+. The van der Waals surface area contributed by atoms with Crippen molar-refractivity contribution in [2.24, 2.45) is 0 Å². The minimum atomic E-state index is -0.514. The van der Waals surface area contributed by atoms with Crippen molar-refractivity contribution in [1.29, 1.82) is 5.26 Å². The van der Waals surface area contributed by atoms with Crippen LogP contribution in [-0.4, -0.2) is 25.5 Å². The van der Waals surface area contributed by atoms with Crippen molar-refractivity contribution in [2.45, 2.75) is 13.8 Å². The molecule has 0 aliphatic heterocycles. The van der Waals surface area contributed by atoms with Gasteiger partial charge in [-0.15, -0.1) is 0 Å². The molecule has 8 heteroatoms. The molecule has 2 amide bonds. The minimum absolute atomic E-state index is 0.0658. The lowest BCUT2D eigenvalue weighted by atomic mass is 10.1. The molecule has 7 nitrogen and oxygen atoms in total. The normalized spacial score (nSPS) is 10.8. The second-order valence-corrected chi connectivity index (χ2v) is 8.06. The number of aryl methyl sites for hydroxylation is 1. The van der Waals surface area contributed by atoms with E-state index in [1.807, 2.05) is 32.0 Å². The lowest BCUT2D eigenvalue weighted by molar-refractivity contribution is -0.118. The highest BCUT2D eigenvalue weighted by Gasteiger charge is 2.13. The number of anilines is 2. The van der Waals surface area contributed by atoms with Gasteiger partial charge in [-0.1, -0.05) is 29.8 Å². The summed E-state index contributed by atoms with van der Waals surface area (Å²) in [4.78, 5) is 24.9. The molecular formula is C27H24ClN3O4. The van der Waals surface area contributed by atoms with Gasteiger partial charge in [0.15, 0.2) is 18.1 Å². The Balaban J connectivity index is 1.69. The Bertz CT molecular complexity index is 1310. The monoisotopic (exact) mass is 489 g/mol. The first-order valence-corrected chi connectivity index (χ1v) is 11.0. The number of amides is 2. The molecule has 3 aromatic rings. The molecule has 0 bridgehead atoms. The highest BCUT2D eigenvalue weighted by atomic mass is 35.5. The van der Waals surface area contributed by atoms with Gasteiger partial charge in [-0.05, 0) is 79.1 Å². The van der Waals surface area contributed by atoms with Crippen molar-refractivity contribution in [1.82, 2.24) is 0 Å². The van der Waals surface area contributed by atoms with Crippen LogP contribution < -0.4 is 20.1 Å². The molecule has 3 rings (SSSR count). The van der Waals surface area contributed by atoms with E-state index in [0.717, 1.165) is 11.1 Å². The van der Waals surface area contributed by atoms with Crippen molar-refractivity contribution >= 4 is 40.9 Å². The summed E-state index contributed by atoms with van der Waals surface area (Å²) in [7, 11) is 1.46. The maximum atomic E-state index is 12.7. The topological polar surface area (TPSA) is 100 Å². The molecule has 0 saturated carbocycles. The van der Waals surface area contributed by atoms with Crippen LogP contribution in [0.4, 0.5) is 11.4 Å². The van der Waals surface area contributed by atoms with E-state index < -0.39 is 5.91 Å². The van der Waals surface area contributed by atoms with Crippen molar-refractivity contribution in [3.63, 3.8) is 0 Å². The van der Waals surface area contributed by atoms with Gasteiger partial charge in [0, 0.05) is 16.4 Å². The highest BCUT2D eigenvalue weighted by molar-refractivity contribution is 6.30. The summed E-state index contributed by atoms with van der Waals surface area (Å²) in [6.07, 6.45) is 1.46. The van der Waals surface area contributed by atoms with Gasteiger partial charge < -0.3 is 20.1 Å². The van der Waals surface area contributed by atoms with Crippen LogP contribution in [0.25, 0.3) is 6.08 Å². The molecule has 0 heterocycles. The van der Waals surface area contributed by atoms with Crippen LogP contribution in [0.1, 0.15) is 16.7 Å². The van der Waals surface area contributed by atoms with Gasteiger partial charge >= 0.3 is 0 Å². The largest absolute Gasteiger partial charge is 0.493 e. The quantitative estimate of drug-likeness (QED) is 0.320. The van der Waals surface area contributed by atoms with E-state index >= 15 is 0 Å². The first-order chi connectivity index (χ1) is 16.8. The summed E-state index contributed by atoms with van der Waals surface area (Å²) in [6, 6.07) is 19.1. The minimum Gasteiger partial charge on any atom is -0.493 e. The Hall–Kier alpha value is -4.28. The number of benzene rings is 3. The molecule has 3 aromatic carbocycles. The molecule has 178 valence electrons. The van der Waals surface area contributed by atoms with Gasteiger partial charge in [0.1, 0.15) is 11.6 Å². The molecule has 0 spiro atoms. The zero-order chi connectivity index (χ0) is 25.4. The van der Waals surface area contributed by atoms with Crippen LogP contribution in [0, 0.1) is 25.2 Å². The van der Waals surface area contributed by atoms with Crippen LogP contribution in [0.3, 0.4) is 0 Å². The van der Waals surface area contributed by atoms with Crippen molar-refractivity contribution in [3.8, 4) is 17.6 Å². The Morgan fingerprint density at radius 2 is 1.77 bits per heavy atom. The van der Waals surface area contributed by atoms with Crippen LogP contribution >= 0.6 is 11.6 Å². The third-order valence-corrected chi connectivity index (χ3v) is 5.46. The van der Waals surface area contributed by atoms with Gasteiger partial charge in [0.05, 0.1) is 7.11 Å². The Morgan fingerprint density at radius 3 is 2.46 bits per heavy atom. The fraction of sp³-hybridized carbons (Fsp3) is 0.148. The van der Waals surface area contributed by atoms with Crippen molar-refractivity contribution < 1.29 is 19.1 Å². The second kappa shape index (κ2) is 11.7. The number of ether oxygens (including phenoxy) is 2. The number of carbonyl (C=O) groups excluding carboxylic acids is 2. The molecule has 0 fully saturated rings. The lowest BCUT2D eigenvalue weighted by Crippen LogP contribution is -2.20. The highest BCUT2D eigenvalue weighted by Crippen LogP contribution is 2.29. The second-order valence-electron chi connectivity index (χ2n) is 7.63. The van der Waals surface area contributed by atoms with Crippen LogP contribution in [0.15, 0.2) is 66.2 Å². The van der Waals surface area contributed by atoms with Crippen LogP contribution in [0.2, 0.25) is 5.02 Å². The molecule has 2 N–H and O–H groups in total. The predicted octanol–water partition coefficient (Wildman–Crippen LogP) is 5.53. The zero-order valence-electron chi connectivity index (χ0n) is 19.5. The molecule has 0 aliphatic rings. The van der Waals surface area contributed by atoms with Crippen molar-refractivity contribution in [3.05, 3.63) is 87.9 Å². The Morgan fingerprint density at radius 1 is 1.03 bits per heavy atom. The summed E-state index contributed by atoms with van der Waals surface area (Å²) >= 11 is 5.85. The lowest BCUT2D eigenvalue weighted by Gasteiger charge is -2.12. The number of halogens is 1. The zero-order valence-corrected chi connectivity index (χ0v) is 20.3. The fourth-order valence-electron chi connectivity index (χ4n) is 3.16. The number of carbonyl (C=O) groups is 2. The van der Waals surface area contributed by atoms with E-state index in [-0.39, 0.29) is 18.1 Å². The van der Waals surface area contributed by atoms with Crippen molar-refractivity contribution in [2.75, 3.05) is 24.4 Å². The van der Waals surface area contributed by atoms with E-state index in [2.05, 4.69) is 10.6 Å². The van der Waals surface area contributed by atoms with Gasteiger partial charge in [-0.2, -0.15) is 5.26 Å². The molecule has 0 radical (unpaired) electrons. The van der Waals surface area contributed by atoms with E-state index in [0.29, 0.717) is 33.5 Å². The maximum absolute atomic E-state index is 12.7. The average Bonchev–Trinajstić information content (AvgIpc) is 2.85. The van der Waals surface area contributed by atoms with Gasteiger partial charge in [0.2, 0.25) is 0 Å². The number of rotatable bonds is 8. The maximum Gasteiger partial charge on any atom is 0.266 e. The number of hydrogen-bond donors (Lipinski definition) is 2. The summed E-state index contributed by atoms with van der Waals surface area (Å²) in [6.45, 7) is 3.61. The average molecular weight is 490 g/mol. The summed E-state index contributed by atoms with van der Waals surface area (Å²) in [5.41, 5.74) is 3.71. The van der Waals surface area contributed by atoms with E-state index in [1.165, 1.54) is 13.2 Å². The number of nitriles is 1. The Kier molecular flexibility index (Phi) is 8.49. The smallest absolute Gasteiger partial charge is 0.266 e.